The minimum Gasteiger partial charge on any atom is -0.330 e. The molecule has 2 aromatic carbocycles. The Morgan fingerprint density at radius 2 is 1.76 bits per heavy atom. The fourth-order valence-corrected chi connectivity index (χ4v) is 6.24. The quantitative estimate of drug-likeness (QED) is 0.420. The summed E-state index contributed by atoms with van der Waals surface area (Å²) < 4.78 is 28.2. The molecule has 0 atom stereocenters. The molecule has 34 heavy (non-hydrogen) atoms. The van der Waals surface area contributed by atoms with Crippen LogP contribution in [0.2, 0.25) is 0 Å². The van der Waals surface area contributed by atoms with Crippen LogP contribution in [0.25, 0.3) is 0 Å². The van der Waals surface area contributed by atoms with Crippen molar-refractivity contribution in [3.63, 3.8) is 0 Å². The molecule has 3 aromatic rings. The molecule has 1 aromatic heterocycles. The number of rotatable bonds is 9. The van der Waals surface area contributed by atoms with Crippen LogP contribution in [0, 0.1) is 0 Å². The number of hydrogen-bond donors (Lipinski definition) is 0. The summed E-state index contributed by atoms with van der Waals surface area (Å²) in [4.78, 5) is 18.4. The predicted octanol–water partition coefficient (Wildman–Crippen LogP) is 4.08. The molecule has 178 valence electrons. The van der Waals surface area contributed by atoms with E-state index >= 15 is 0 Å². The zero-order valence-electron chi connectivity index (χ0n) is 19.0. The normalized spacial score (nSPS) is 15.2. The van der Waals surface area contributed by atoms with Crippen molar-refractivity contribution in [2.75, 3.05) is 32.7 Å². The number of sulfonamides is 1. The molecule has 0 aliphatic carbocycles. The van der Waals surface area contributed by atoms with Crippen LogP contribution in [0.5, 0.6) is 0 Å². The summed E-state index contributed by atoms with van der Waals surface area (Å²) in [7, 11) is -3.68. The lowest BCUT2D eigenvalue weighted by Crippen LogP contribution is -2.48. The maximum atomic E-state index is 13.3. The Morgan fingerprint density at radius 3 is 2.44 bits per heavy atom. The molecule has 1 fully saturated rings. The third-order valence-corrected chi connectivity index (χ3v) is 8.62. The number of thiophene rings is 1. The summed E-state index contributed by atoms with van der Waals surface area (Å²) in [6.07, 6.45) is 1.68. The molecule has 1 saturated heterocycles. The van der Waals surface area contributed by atoms with Crippen molar-refractivity contribution in [2.24, 2.45) is 0 Å². The second kappa shape index (κ2) is 11.1. The summed E-state index contributed by atoms with van der Waals surface area (Å²) in [5.74, 6) is -0.210. The number of benzene rings is 2. The molecule has 6 nitrogen and oxygen atoms in total. The zero-order chi connectivity index (χ0) is 24.0. The fourth-order valence-electron chi connectivity index (χ4n) is 4.06. The summed E-state index contributed by atoms with van der Waals surface area (Å²) >= 11 is 1.58. The smallest absolute Gasteiger partial charge is 0.254 e. The zero-order valence-corrected chi connectivity index (χ0v) is 20.7. The molecule has 4 rings (SSSR count). The maximum absolute atomic E-state index is 13.3. The van der Waals surface area contributed by atoms with E-state index in [0.29, 0.717) is 44.8 Å². The molecule has 0 unspecified atom stereocenters. The van der Waals surface area contributed by atoms with Gasteiger partial charge in [-0.2, -0.15) is 4.31 Å². The lowest BCUT2D eigenvalue weighted by atomic mass is 10.2. The molecule has 8 heteroatoms. The minimum absolute atomic E-state index is 0.157. The molecule has 0 spiro atoms. The average Bonchev–Trinajstić information content (AvgIpc) is 3.38. The van der Waals surface area contributed by atoms with Crippen molar-refractivity contribution < 1.29 is 13.2 Å². The maximum Gasteiger partial charge on any atom is 0.254 e. The number of piperazine rings is 1. The lowest BCUT2D eigenvalue weighted by molar-refractivity contribution is 0.0764. The number of carbonyl (C=O) groups excluding carboxylic acids is 1. The molecular weight excluding hydrogens is 466 g/mol. The Kier molecular flexibility index (Phi) is 7.95. The Morgan fingerprint density at radius 1 is 1.00 bits per heavy atom. The van der Waals surface area contributed by atoms with E-state index in [0.717, 1.165) is 11.4 Å². The van der Waals surface area contributed by atoms with Gasteiger partial charge in [-0.25, -0.2) is 8.42 Å². The molecule has 0 radical (unpaired) electrons. The van der Waals surface area contributed by atoms with Crippen LogP contribution in [0.3, 0.4) is 0 Å². The van der Waals surface area contributed by atoms with Crippen molar-refractivity contribution in [3.8, 4) is 0 Å². The Labute approximate surface area is 205 Å². The predicted molar refractivity (Wildman–Crippen MR) is 136 cm³/mol. The van der Waals surface area contributed by atoms with E-state index in [9.17, 15) is 13.2 Å². The highest BCUT2D eigenvalue weighted by Gasteiger charge is 2.29. The first-order chi connectivity index (χ1) is 16.5. The van der Waals surface area contributed by atoms with Gasteiger partial charge in [0, 0.05) is 49.7 Å². The second-order valence-corrected chi connectivity index (χ2v) is 11.2. The van der Waals surface area contributed by atoms with Crippen molar-refractivity contribution in [1.29, 1.82) is 0 Å². The van der Waals surface area contributed by atoms with Crippen LogP contribution in [-0.2, 0) is 23.1 Å². The topological polar surface area (TPSA) is 60.9 Å². The van der Waals surface area contributed by atoms with E-state index in [1.165, 1.54) is 15.9 Å². The van der Waals surface area contributed by atoms with Gasteiger partial charge in [-0.15, -0.1) is 17.9 Å². The molecule has 1 amide bonds. The van der Waals surface area contributed by atoms with E-state index < -0.39 is 10.0 Å². The number of carbonyl (C=O) groups is 1. The Bertz CT molecular complexity index is 1200. The highest BCUT2D eigenvalue weighted by Crippen LogP contribution is 2.21. The molecule has 0 N–H and O–H groups in total. The van der Waals surface area contributed by atoms with E-state index in [-0.39, 0.29) is 10.8 Å². The van der Waals surface area contributed by atoms with Gasteiger partial charge < -0.3 is 4.90 Å². The van der Waals surface area contributed by atoms with Gasteiger partial charge in [0.1, 0.15) is 0 Å². The highest BCUT2D eigenvalue weighted by molar-refractivity contribution is 7.89. The number of amides is 1. The first-order valence-electron chi connectivity index (χ1n) is 11.3. The summed E-state index contributed by atoms with van der Waals surface area (Å²) in [5, 5.41) is 1.97. The van der Waals surface area contributed by atoms with Crippen LogP contribution < -0.4 is 0 Å². The van der Waals surface area contributed by atoms with Crippen LogP contribution in [-0.4, -0.2) is 61.2 Å². The van der Waals surface area contributed by atoms with Crippen LogP contribution in [0.4, 0.5) is 0 Å². The lowest BCUT2D eigenvalue weighted by Gasteiger charge is -2.34. The molecule has 0 saturated carbocycles. The van der Waals surface area contributed by atoms with Gasteiger partial charge in [0.2, 0.25) is 10.0 Å². The Hall–Kier alpha value is -2.78. The summed E-state index contributed by atoms with van der Waals surface area (Å²) in [6.45, 7) is 7.60. The van der Waals surface area contributed by atoms with Gasteiger partial charge in [0.15, 0.2) is 0 Å². The van der Waals surface area contributed by atoms with Crippen molar-refractivity contribution in [2.45, 2.75) is 18.0 Å². The number of hydrogen-bond acceptors (Lipinski definition) is 5. The first-order valence-corrected chi connectivity index (χ1v) is 13.6. The minimum atomic E-state index is -3.68. The van der Waals surface area contributed by atoms with Gasteiger partial charge >= 0.3 is 0 Å². The monoisotopic (exact) mass is 495 g/mol. The van der Waals surface area contributed by atoms with E-state index in [2.05, 4.69) is 23.6 Å². The van der Waals surface area contributed by atoms with Crippen molar-refractivity contribution >= 4 is 27.3 Å². The summed E-state index contributed by atoms with van der Waals surface area (Å²) in [5.41, 5.74) is 1.58. The third-order valence-electron chi connectivity index (χ3n) is 5.86. The van der Waals surface area contributed by atoms with Gasteiger partial charge in [0.05, 0.1) is 11.4 Å². The van der Waals surface area contributed by atoms with E-state index in [1.54, 1.807) is 40.5 Å². The number of nitrogens with zero attached hydrogens (tertiary/aromatic N) is 3. The van der Waals surface area contributed by atoms with Gasteiger partial charge in [-0.1, -0.05) is 48.5 Å². The molecular formula is C26H29N3O3S2. The van der Waals surface area contributed by atoms with Gasteiger partial charge in [0.25, 0.3) is 5.91 Å². The molecule has 2 heterocycles. The molecule has 0 bridgehead atoms. The second-order valence-electron chi connectivity index (χ2n) is 8.25. The van der Waals surface area contributed by atoms with Crippen molar-refractivity contribution in [1.82, 2.24) is 14.1 Å². The Balaban J connectivity index is 1.44. The van der Waals surface area contributed by atoms with Crippen LogP contribution >= 0.6 is 11.3 Å². The molecule has 1 aliphatic heterocycles. The average molecular weight is 496 g/mol. The van der Waals surface area contributed by atoms with E-state index in [4.69, 9.17) is 0 Å². The first kappa shape index (κ1) is 24.3. The third kappa shape index (κ3) is 5.82. The van der Waals surface area contributed by atoms with Crippen molar-refractivity contribution in [3.05, 3.63) is 101 Å². The van der Waals surface area contributed by atoms with Crippen LogP contribution in [0.1, 0.15) is 20.8 Å². The largest absolute Gasteiger partial charge is 0.330 e. The van der Waals surface area contributed by atoms with Gasteiger partial charge in [-0.05, 0) is 35.2 Å². The highest BCUT2D eigenvalue weighted by atomic mass is 32.2. The summed E-state index contributed by atoms with van der Waals surface area (Å²) in [6, 6.07) is 20.5. The standard InChI is InChI=1S/C26H29N3O3S2/c1-2-13-28(21-24-11-7-18-33-24)26(30)23-10-6-12-25(19-23)34(31,32)29-16-14-27(15-17-29)20-22-8-4-3-5-9-22/h2-12,18-19H,1,13-17,20-21H2. The fraction of sp³-hybridized carbons (Fsp3) is 0.269. The SMILES string of the molecule is C=CCN(Cc1cccs1)C(=O)c1cccc(S(=O)(=O)N2CCN(Cc3ccccc3)CC2)c1. The molecule has 1 aliphatic rings. The van der Waals surface area contributed by atoms with Crippen LogP contribution in [0.15, 0.2) is 89.7 Å². The van der Waals surface area contributed by atoms with E-state index in [1.807, 2.05) is 35.7 Å². The van der Waals surface area contributed by atoms with Gasteiger partial charge in [-0.3, -0.25) is 9.69 Å².